The zero-order valence-corrected chi connectivity index (χ0v) is 16.4. The Kier molecular flexibility index (Phi) is 4.34. The van der Waals surface area contributed by atoms with Crippen molar-refractivity contribution in [2.24, 2.45) is 0 Å². The molecule has 1 aliphatic rings. The maximum absolute atomic E-state index is 12.8. The van der Waals surface area contributed by atoms with Crippen molar-refractivity contribution in [2.75, 3.05) is 7.11 Å². The number of hydrogen-bond acceptors (Lipinski definition) is 6. The largest absolute Gasteiger partial charge is 0.495 e. The van der Waals surface area contributed by atoms with E-state index in [0.717, 1.165) is 16.7 Å². The molecule has 1 N–H and O–H groups in total. The van der Waals surface area contributed by atoms with E-state index in [1.165, 1.54) is 4.68 Å². The van der Waals surface area contributed by atoms with Crippen LogP contribution in [0.2, 0.25) is 0 Å². The summed E-state index contributed by atoms with van der Waals surface area (Å²) in [4.78, 5) is 17.3. The van der Waals surface area contributed by atoms with Crippen molar-refractivity contribution in [3.8, 4) is 17.0 Å². The van der Waals surface area contributed by atoms with E-state index in [2.05, 4.69) is 10.1 Å². The van der Waals surface area contributed by atoms with E-state index in [4.69, 9.17) is 9.47 Å². The SMILES string of the molecule is COc1cnc2c(-c3cccc4c3CC(O)C4)nn(C(=O)OC(C)(C)C)c2c1. The molecule has 0 amide bonds. The highest BCUT2D eigenvalue weighted by Crippen LogP contribution is 2.36. The molecule has 0 saturated carbocycles. The van der Waals surface area contributed by atoms with E-state index in [-0.39, 0.29) is 0 Å². The second kappa shape index (κ2) is 6.60. The van der Waals surface area contributed by atoms with Gasteiger partial charge in [0.25, 0.3) is 0 Å². The molecule has 2 heterocycles. The first kappa shape index (κ1) is 18.4. The highest BCUT2D eigenvalue weighted by atomic mass is 16.6. The minimum absolute atomic E-state index is 0.400. The number of ether oxygens (including phenoxy) is 2. The Morgan fingerprint density at radius 1 is 1.29 bits per heavy atom. The first-order valence-corrected chi connectivity index (χ1v) is 9.22. The second-order valence-electron chi connectivity index (χ2n) is 7.99. The molecule has 0 fully saturated rings. The molecule has 1 aliphatic carbocycles. The van der Waals surface area contributed by atoms with Crippen LogP contribution >= 0.6 is 0 Å². The quantitative estimate of drug-likeness (QED) is 0.733. The number of hydrogen-bond donors (Lipinski definition) is 1. The van der Waals surface area contributed by atoms with E-state index in [9.17, 15) is 9.90 Å². The third kappa shape index (κ3) is 3.22. The van der Waals surface area contributed by atoms with Gasteiger partial charge in [-0.3, -0.25) is 0 Å². The zero-order chi connectivity index (χ0) is 20.1. The summed E-state index contributed by atoms with van der Waals surface area (Å²) in [6.45, 7) is 5.42. The maximum atomic E-state index is 12.8. The Morgan fingerprint density at radius 2 is 2.07 bits per heavy atom. The third-order valence-corrected chi connectivity index (χ3v) is 4.72. The molecule has 1 atom stereocenters. The van der Waals surface area contributed by atoms with Crippen LogP contribution in [0.4, 0.5) is 4.79 Å². The number of carbonyl (C=O) groups is 1. The number of nitrogens with zero attached hydrogens (tertiary/aromatic N) is 3. The number of benzene rings is 1. The van der Waals surface area contributed by atoms with Crippen molar-refractivity contribution < 1.29 is 19.4 Å². The Hall–Kier alpha value is -2.93. The van der Waals surface area contributed by atoms with E-state index in [1.54, 1.807) is 19.4 Å². The maximum Gasteiger partial charge on any atom is 0.435 e. The number of methoxy groups -OCH3 is 1. The first-order valence-electron chi connectivity index (χ1n) is 9.22. The van der Waals surface area contributed by atoms with Gasteiger partial charge in [-0.15, -0.1) is 0 Å². The van der Waals surface area contributed by atoms with Crippen LogP contribution in [0.3, 0.4) is 0 Å². The summed E-state index contributed by atoms with van der Waals surface area (Å²) < 4.78 is 12.0. The van der Waals surface area contributed by atoms with Crippen molar-refractivity contribution in [2.45, 2.75) is 45.3 Å². The fraction of sp³-hybridized carbons (Fsp3) is 0.381. The van der Waals surface area contributed by atoms with Crippen LogP contribution in [0.1, 0.15) is 31.9 Å². The topological polar surface area (TPSA) is 86.5 Å². The number of aliphatic hydroxyl groups is 1. The van der Waals surface area contributed by atoms with Gasteiger partial charge in [-0.25, -0.2) is 9.78 Å². The lowest BCUT2D eigenvalue weighted by molar-refractivity contribution is 0.0523. The molecular formula is C21H23N3O4. The van der Waals surface area contributed by atoms with Gasteiger partial charge in [-0.2, -0.15) is 9.78 Å². The van der Waals surface area contributed by atoms with Crippen molar-refractivity contribution >= 4 is 17.1 Å². The molecule has 7 heteroatoms. The number of aliphatic hydroxyl groups excluding tert-OH is 1. The summed E-state index contributed by atoms with van der Waals surface area (Å²) in [5.74, 6) is 0.525. The third-order valence-electron chi connectivity index (χ3n) is 4.72. The Labute approximate surface area is 162 Å². The van der Waals surface area contributed by atoms with Gasteiger partial charge in [-0.05, 0) is 44.7 Å². The average molecular weight is 381 g/mol. The molecule has 0 aliphatic heterocycles. The molecule has 7 nitrogen and oxygen atoms in total. The second-order valence-corrected chi connectivity index (χ2v) is 7.99. The van der Waals surface area contributed by atoms with Crippen LogP contribution in [0.25, 0.3) is 22.3 Å². The number of fused-ring (bicyclic) bond motifs is 2. The van der Waals surface area contributed by atoms with E-state index in [0.29, 0.717) is 35.3 Å². The van der Waals surface area contributed by atoms with Crippen LogP contribution < -0.4 is 4.74 Å². The molecule has 0 bridgehead atoms. The Morgan fingerprint density at radius 3 is 2.79 bits per heavy atom. The molecule has 0 saturated heterocycles. The lowest BCUT2D eigenvalue weighted by atomic mass is 10.0. The number of carbonyl (C=O) groups excluding carboxylic acids is 1. The zero-order valence-electron chi connectivity index (χ0n) is 16.4. The molecular weight excluding hydrogens is 358 g/mol. The summed E-state index contributed by atoms with van der Waals surface area (Å²) in [6.07, 6.45) is 1.80. The Bertz CT molecular complexity index is 1070. The number of aromatic nitrogens is 3. The van der Waals surface area contributed by atoms with Crippen LogP contribution in [-0.4, -0.2) is 44.8 Å². The first-order chi connectivity index (χ1) is 13.3. The van der Waals surface area contributed by atoms with Gasteiger partial charge in [0.15, 0.2) is 0 Å². The van der Waals surface area contributed by atoms with Gasteiger partial charge in [-0.1, -0.05) is 18.2 Å². The normalized spacial score (nSPS) is 16.2. The molecule has 3 aromatic rings. The summed E-state index contributed by atoms with van der Waals surface area (Å²) >= 11 is 0. The van der Waals surface area contributed by atoms with Gasteiger partial charge in [0.1, 0.15) is 28.1 Å². The summed E-state index contributed by atoms with van der Waals surface area (Å²) in [7, 11) is 1.55. The summed E-state index contributed by atoms with van der Waals surface area (Å²) in [6, 6.07) is 7.62. The summed E-state index contributed by atoms with van der Waals surface area (Å²) in [5.41, 5.74) is 4.05. The average Bonchev–Trinajstić information content (AvgIpc) is 3.19. The van der Waals surface area contributed by atoms with Crippen LogP contribution in [0.5, 0.6) is 5.75 Å². The lowest BCUT2D eigenvalue weighted by Gasteiger charge is -2.19. The predicted molar refractivity (Wildman–Crippen MR) is 105 cm³/mol. The number of rotatable bonds is 2. The van der Waals surface area contributed by atoms with Gasteiger partial charge < -0.3 is 14.6 Å². The molecule has 1 unspecified atom stereocenters. The predicted octanol–water partition coefficient (Wildman–Crippen LogP) is 3.35. The minimum atomic E-state index is -0.653. The van der Waals surface area contributed by atoms with Gasteiger partial charge in [0.2, 0.25) is 0 Å². The van der Waals surface area contributed by atoms with Crippen molar-refractivity contribution in [3.63, 3.8) is 0 Å². The monoisotopic (exact) mass is 381 g/mol. The molecule has 28 heavy (non-hydrogen) atoms. The van der Waals surface area contributed by atoms with Crippen LogP contribution in [-0.2, 0) is 17.6 Å². The highest BCUT2D eigenvalue weighted by Gasteiger charge is 2.27. The standard InChI is InChI=1S/C21H23N3O4/c1-21(2,3)28-20(26)24-17-10-14(27-4)11-22-19(17)18(23-24)15-7-5-6-12-8-13(25)9-16(12)15/h5-7,10-11,13,25H,8-9H2,1-4H3. The lowest BCUT2D eigenvalue weighted by Crippen LogP contribution is -2.27. The van der Waals surface area contributed by atoms with Gasteiger partial charge >= 0.3 is 6.09 Å². The van der Waals surface area contributed by atoms with E-state index in [1.807, 2.05) is 39.0 Å². The summed E-state index contributed by atoms with van der Waals surface area (Å²) in [5, 5.41) is 14.7. The van der Waals surface area contributed by atoms with Crippen LogP contribution in [0, 0.1) is 0 Å². The molecule has 0 spiro atoms. The van der Waals surface area contributed by atoms with E-state index < -0.39 is 17.8 Å². The Balaban J connectivity index is 1.92. The van der Waals surface area contributed by atoms with Crippen molar-refractivity contribution in [3.05, 3.63) is 41.6 Å². The molecule has 0 radical (unpaired) electrons. The van der Waals surface area contributed by atoms with Gasteiger partial charge in [0, 0.05) is 11.6 Å². The fourth-order valence-corrected chi connectivity index (χ4v) is 3.57. The van der Waals surface area contributed by atoms with Gasteiger partial charge in [0.05, 0.1) is 19.4 Å². The molecule has 4 rings (SSSR count). The van der Waals surface area contributed by atoms with Crippen LogP contribution in [0.15, 0.2) is 30.5 Å². The molecule has 2 aromatic heterocycles. The highest BCUT2D eigenvalue weighted by molar-refractivity contribution is 5.96. The molecule has 146 valence electrons. The van der Waals surface area contributed by atoms with E-state index >= 15 is 0 Å². The van der Waals surface area contributed by atoms with Crippen molar-refractivity contribution in [1.82, 2.24) is 14.8 Å². The van der Waals surface area contributed by atoms with Crippen molar-refractivity contribution in [1.29, 1.82) is 0 Å². The smallest absolute Gasteiger partial charge is 0.435 e. The fourth-order valence-electron chi connectivity index (χ4n) is 3.57. The molecule has 1 aromatic carbocycles. The number of pyridine rings is 1. The minimum Gasteiger partial charge on any atom is -0.495 e.